The highest BCUT2D eigenvalue weighted by atomic mass is 32.1. The van der Waals surface area contributed by atoms with Crippen LogP contribution in [-0.4, -0.2) is 14.5 Å². The number of furan rings is 1. The van der Waals surface area contributed by atoms with E-state index in [0.29, 0.717) is 11.7 Å². The third kappa shape index (κ3) is 3.89. The summed E-state index contributed by atoms with van der Waals surface area (Å²) in [6.45, 7) is 0. The van der Waals surface area contributed by atoms with Gasteiger partial charge in [-0.3, -0.25) is 4.57 Å². The zero-order chi connectivity index (χ0) is 35.8. The molecule has 0 aliphatic rings. The van der Waals surface area contributed by atoms with Gasteiger partial charge in [-0.15, -0.1) is 11.3 Å². The lowest BCUT2D eigenvalue weighted by atomic mass is 9.91. The van der Waals surface area contributed by atoms with Gasteiger partial charge in [0.05, 0.1) is 22.1 Å². The van der Waals surface area contributed by atoms with E-state index in [1.165, 1.54) is 74.0 Å². The van der Waals surface area contributed by atoms with Crippen molar-refractivity contribution in [1.29, 1.82) is 0 Å². The summed E-state index contributed by atoms with van der Waals surface area (Å²) in [5, 5.41) is 16.7. The molecule has 0 radical (unpaired) electrons. The van der Waals surface area contributed by atoms with E-state index in [0.717, 1.165) is 38.6 Å². The van der Waals surface area contributed by atoms with E-state index >= 15 is 0 Å². The molecule has 0 bridgehead atoms. The highest BCUT2D eigenvalue weighted by Crippen LogP contribution is 2.47. The summed E-state index contributed by atoms with van der Waals surface area (Å²) in [4.78, 5) is 11.0. The third-order valence-electron chi connectivity index (χ3n) is 11.6. The van der Waals surface area contributed by atoms with Crippen LogP contribution in [-0.2, 0) is 0 Å². The number of fused-ring (bicyclic) bond motifs is 18. The van der Waals surface area contributed by atoms with Crippen LogP contribution in [0, 0.1) is 0 Å². The summed E-state index contributed by atoms with van der Waals surface area (Å²) < 4.78 is 11.4. The molecule has 4 heterocycles. The van der Waals surface area contributed by atoms with E-state index in [2.05, 4.69) is 156 Å². The van der Waals surface area contributed by atoms with Crippen LogP contribution in [0.4, 0.5) is 0 Å². The molecule has 0 aliphatic heterocycles. The van der Waals surface area contributed by atoms with Gasteiger partial charge in [0.25, 0.3) is 0 Å². The van der Waals surface area contributed by atoms with Gasteiger partial charge in [-0.25, -0.2) is 4.98 Å². The van der Waals surface area contributed by atoms with Crippen molar-refractivity contribution in [3.05, 3.63) is 164 Å². The van der Waals surface area contributed by atoms with E-state index in [1.807, 2.05) is 23.5 Å². The fraction of sp³-hybridized carbons (Fsp3) is 0. The fourth-order valence-electron chi connectivity index (χ4n) is 9.32. The number of nitrogens with zero attached hydrogens (tertiary/aromatic N) is 3. The van der Waals surface area contributed by atoms with Gasteiger partial charge in [0.15, 0.2) is 0 Å². The van der Waals surface area contributed by atoms with Gasteiger partial charge in [0.1, 0.15) is 5.58 Å². The summed E-state index contributed by atoms with van der Waals surface area (Å²) in [7, 11) is 0. The van der Waals surface area contributed by atoms with E-state index in [1.54, 1.807) is 0 Å². The summed E-state index contributed by atoms with van der Waals surface area (Å²) in [6, 6.07) is 58.8. The largest absolute Gasteiger partial charge is 0.437 e. The second-order valence-electron chi connectivity index (χ2n) is 14.4. The minimum atomic E-state index is 0.576. The molecular formula is C50H27N3OS. The number of para-hydroxylation sites is 1. The maximum absolute atomic E-state index is 6.63. The first-order chi connectivity index (χ1) is 27.3. The maximum Gasteiger partial charge on any atom is 0.238 e. The Hall–Kier alpha value is -7.08. The Kier molecular flexibility index (Phi) is 5.74. The predicted molar refractivity (Wildman–Crippen MR) is 232 cm³/mol. The van der Waals surface area contributed by atoms with E-state index < -0.39 is 0 Å². The summed E-state index contributed by atoms with van der Waals surface area (Å²) in [6.07, 6.45) is 0. The highest BCUT2D eigenvalue weighted by Gasteiger charge is 2.25. The van der Waals surface area contributed by atoms with Crippen molar-refractivity contribution in [3.63, 3.8) is 0 Å². The highest BCUT2D eigenvalue weighted by molar-refractivity contribution is 7.26. The van der Waals surface area contributed by atoms with Crippen LogP contribution in [0.2, 0.25) is 0 Å². The number of hydrogen-bond acceptors (Lipinski definition) is 4. The van der Waals surface area contributed by atoms with Crippen LogP contribution in [0.5, 0.6) is 0 Å². The van der Waals surface area contributed by atoms with Crippen molar-refractivity contribution in [2.24, 2.45) is 0 Å². The van der Waals surface area contributed by atoms with Crippen LogP contribution in [0.15, 0.2) is 168 Å². The first-order valence-electron chi connectivity index (χ1n) is 18.6. The summed E-state index contributed by atoms with van der Waals surface area (Å²) in [5.41, 5.74) is 5.43. The van der Waals surface area contributed by atoms with Gasteiger partial charge in [-0.05, 0) is 62.0 Å². The second-order valence-corrected chi connectivity index (χ2v) is 15.5. The zero-order valence-electron chi connectivity index (χ0n) is 29.2. The average Bonchev–Trinajstić information content (AvgIpc) is 3.93. The molecule has 0 N–H and O–H groups in total. The second kappa shape index (κ2) is 10.8. The van der Waals surface area contributed by atoms with Gasteiger partial charge < -0.3 is 4.42 Å². The average molecular weight is 718 g/mol. The first-order valence-corrected chi connectivity index (χ1v) is 19.4. The quantitative estimate of drug-likeness (QED) is 0.167. The standard InChI is InChI=1S/C50H27N3OS/c1-2-13-29-28(12-1)24-26-39-44(29)46-40(27-25-35-32-16-4-3-14-30(32)31-15-5-6-18-34(31)43(35)46)53(39)50-51-47(45-37-19-7-9-22-41(37)54-49(45)52-50)38-21-11-20-36-33-17-8-10-23-42(33)55-48(36)38/h1-27H. The Balaban J connectivity index is 1.24. The molecular weight excluding hydrogens is 691 g/mol. The number of benzene rings is 9. The van der Waals surface area contributed by atoms with Crippen molar-refractivity contribution in [1.82, 2.24) is 14.5 Å². The lowest BCUT2D eigenvalue weighted by molar-refractivity contribution is 0.651. The molecule has 5 heteroatoms. The maximum atomic E-state index is 6.63. The normalized spacial score (nSPS) is 12.4. The monoisotopic (exact) mass is 717 g/mol. The van der Waals surface area contributed by atoms with Crippen molar-refractivity contribution >= 4 is 118 Å². The molecule has 0 atom stereocenters. The Bertz CT molecular complexity index is 3760. The van der Waals surface area contributed by atoms with Crippen LogP contribution in [0.25, 0.3) is 124 Å². The van der Waals surface area contributed by atoms with E-state index in [9.17, 15) is 0 Å². The molecule has 0 fully saturated rings. The molecule has 4 nitrogen and oxygen atoms in total. The van der Waals surface area contributed by atoms with Crippen molar-refractivity contribution in [3.8, 4) is 17.2 Å². The fourth-order valence-corrected chi connectivity index (χ4v) is 10.5. The predicted octanol–water partition coefficient (Wildman–Crippen LogP) is 14.1. The molecule has 9 aromatic carbocycles. The lowest BCUT2D eigenvalue weighted by Gasteiger charge is -2.13. The number of hydrogen-bond donors (Lipinski definition) is 0. The van der Waals surface area contributed by atoms with Gasteiger partial charge >= 0.3 is 0 Å². The molecule has 0 unspecified atom stereocenters. The molecule has 0 amide bonds. The summed E-state index contributed by atoms with van der Waals surface area (Å²) in [5.74, 6) is 0.583. The molecule has 254 valence electrons. The molecule has 4 aromatic heterocycles. The van der Waals surface area contributed by atoms with Crippen molar-refractivity contribution in [2.75, 3.05) is 0 Å². The van der Waals surface area contributed by atoms with Gasteiger partial charge in [-0.2, -0.15) is 4.98 Å². The van der Waals surface area contributed by atoms with E-state index in [-0.39, 0.29) is 0 Å². The third-order valence-corrected chi connectivity index (χ3v) is 12.8. The Morgan fingerprint density at radius 3 is 1.87 bits per heavy atom. The topological polar surface area (TPSA) is 43.9 Å². The van der Waals surface area contributed by atoms with Crippen molar-refractivity contribution < 1.29 is 4.42 Å². The molecule has 0 saturated carbocycles. The van der Waals surface area contributed by atoms with E-state index in [4.69, 9.17) is 14.4 Å². The number of rotatable bonds is 2. The summed E-state index contributed by atoms with van der Waals surface area (Å²) >= 11 is 1.82. The van der Waals surface area contributed by atoms with Gasteiger partial charge in [0.2, 0.25) is 11.7 Å². The molecule has 0 spiro atoms. The van der Waals surface area contributed by atoms with Crippen LogP contribution < -0.4 is 0 Å². The number of thiophene rings is 1. The first kappa shape index (κ1) is 29.4. The zero-order valence-corrected chi connectivity index (χ0v) is 30.1. The van der Waals surface area contributed by atoms with Gasteiger partial charge in [-0.1, -0.05) is 140 Å². The number of aromatic nitrogens is 3. The van der Waals surface area contributed by atoms with Gasteiger partial charge in [0, 0.05) is 47.3 Å². The molecule has 0 aliphatic carbocycles. The molecule has 0 saturated heterocycles. The Morgan fingerprint density at radius 1 is 0.418 bits per heavy atom. The molecule has 13 rings (SSSR count). The van der Waals surface area contributed by atoms with Crippen molar-refractivity contribution in [2.45, 2.75) is 0 Å². The van der Waals surface area contributed by atoms with Crippen LogP contribution in [0.1, 0.15) is 0 Å². The smallest absolute Gasteiger partial charge is 0.238 e. The minimum Gasteiger partial charge on any atom is -0.437 e. The SMILES string of the molecule is c1ccc2c(c1)ccc1c2c2c3c4ccccc4c4ccccc4c3ccc2n1-c1nc(-c2cccc3c2sc2ccccc23)c2c(n1)oc1ccccc12. The minimum absolute atomic E-state index is 0.576. The lowest BCUT2D eigenvalue weighted by Crippen LogP contribution is -2.03. The molecule has 55 heavy (non-hydrogen) atoms. The Labute approximate surface area is 317 Å². The molecule has 13 aromatic rings. The Morgan fingerprint density at radius 2 is 1.04 bits per heavy atom. The van der Waals surface area contributed by atoms with Crippen LogP contribution in [0.3, 0.4) is 0 Å². The van der Waals surface area contributed by atoms with Crippen LogP contribution >= 0.6 is 11.3 Å².